The Hall–Kier alpha value is -1.31. The number of hydrogen-bond acceptors (Lipinski definition) is 1. The molecule has 0 aliphatic heterocycles. The molecular formula is C14H24N2. The minimum absolute atomic E-state index is 0.395. The highest BCUT2D eigenvalue weighted by molar-refractivity contribution is 5.52. The second-order valence-corrected chi connectivity index (χ2v) is 3.73. The van der Waals surface area contributed by atoms with Crippen LogP contribution in [-0.2, 0) is 0 Å². The topological polar surface area (TPSA) is 17.8 Å². The summed E-state index contributed by atoms with van der Waals surface area (Å²) in [5, 5.41) is 4.49. The van der Waals surface area contributed by atoms with Gasteiger partial charge in [-0.2, -0.15) is 5.10 Å². The predicted octanol–water partition coefficient (Wildman–Crippen LogP) is 4.31. The minimum Gasteiger partial charge on any atom is -0.262 e. The molecule has 2 heteroatoms. The summed E-state index contributed by atoms with van der Waals surface area (Å²) >= 11 is 0. The van der Waals surface area contributed by atoms with Gasteiger partial charge < -0.3 is 0 Å². The van der Waals surface area contributed by atoms with Crippen LogP contribution in [-0.4, -0.2) is 9.78 Å². The van der Waals surface area contributed by atoms with Gasteiger partial charge >= 0.3 is 0 Å². The summed E-state index contributed by atoms with van der Waals surface area (Å²) in [5.74, 6) is 0. The van der Waals surface area contributed by atoms with E-state index < -0.39 is 0 Å². The zero-order chi connectivity index (χ0) is 12.7. The molecule has 0 fully saturated rings. The van der Waals surface area contributed by atoms with Crippen LogP contribution in [0.3, 0.4) is 0 Å². The molecule has 0 aliphatic carbocycles. The van der Waals surface area contributed by atoms with Crippen molar-refractivity contribution in [2.75, 3.05) is 0 Å². The highest BCUT2D eigenvalue weighted by atomic mass is 15.3. The van der Waals surface area contributed by atoms with Crippen LogP contribution >= 0.6 is 0 Å². The van der Waals surface area contributed by atoms with Gasteiger partial charge in [-0.1, -0.05) is 32.6 Å². The summed E-state index contributed by atoms with van der Waals surface area (Å²) in [4.78, 5) is 0. The van der Waals surface area contributed by atoms with Crippen molar-refractivity contribution >= 4 is 6.08 Å². The van der Waals surface area contributed by atoms with Crippen LogP contribution in [0.2, 0.25) is 0 Å². The molecule has 0 saturated carbocycles. The molecule has 0 radical (unpaired) electrons. The average Bonchev–Trinajstić information content (AvgIpc) is 2.56. The van der Waals surface area contributed by atoms with E-state index in [1.807, 2.05) is 31.5 Å². The van der Waals surface area contributed by atoms with E-state index in [1.54, 1.807) is 6.08 Å². The van der Waals surface area contributed by atoms with E-state index in [1.165, 1.54) is 11.3 Å². The third kappa shape index (κ3) is 3.37. The van der Waals surface area contributed by atoms with E-state index in [-0.39, 0.29) is 0 Å². The van der Waals surface area contributed by atoms with Crippen molar-refractivity contribution < 1.29 is 0 Å². The average molecular weight is 220 g/mol. The molecule has 16 heavy (non-hydrogen) atoms. The largest absolute Gasteiger partial charge is 0.262 e. The number of aromatic nitrogens is 2. The van der Waals surface area contributed by atoms with E-state index in [9.17, 15) is 0 Å². The maximum atomic E-state index is 4.49. The van der Waals surface area contributed by atoms with Gasteiger partial charge in [0.2, 0.25) is 0 Å². The maximum absolute atomic E-state index is 4.49. The molecule has 1 aromatic rings. The summed E-state index contributed by atoms with van der Waals surface area (Å²) in [6.45, 7) is 16.1. The van der Waals surface area contributed by atoms with Gasteiger partial charge in [-0.25, -0.2) is 0 Å². The minimum atomic E-state index is 0.395. The molecule has 2 nitrogen and oxygen atoms in total. The predicted molar refractivity (Wildman–Crippen MR) is 72.7 cm³/mol. The van der Waals surface area contributed by atoms with Gasteiger partial charge in [-0.3, -0.25) is 4.68 Å². The molecular weight excluding hydrogens is 196 g/mol. The molecule has 0 aliphatic rings. The van der Waals surface area contributed by atoms with E-state index in [4.69, 9.17) is 0 Å². The monoisotopic (exact) mass is 220 g/mol. The number of aryl methyl sites for hydroxylation is 1. The maximum Gasteiger partial charge on any atom is 0.0644 e. The van der Waals surface area contributed by atoms with E-state index in [0.717, 1.165) is 5.69 Å². The molecule has 0 saturated heterocycles. The number of hydrogen-bond donors (Lipinski definition) is 0. The van der Waals surface area contributed by atoms with Gasteiger partial charge in [-0.15, -0.1) is 0 Å². The zero-order valence-electron chi connectivity index (χ0n) is 11.4. The molecule has 0 bridgehead atoms. The van der Waals surface area contributed by atoms with Crippen LogP contribution in [0.1, 0.15) is 50.7 Å². The Morgan fingerprint density at radius 2 is 1.81 bits per heavy atom. The van der Waals surface area contributed by atoms with Crippen molar-refractivity contribution in [2.24, 2.45) is 0 Å². The first kappa shape index (κ1) is 14.7. The van der Waals surface area contributed by atoms with Gasteiger partial charge in [0.1, 0.15) is 0 Å². The fourth-order valence-corrected chi connectivity index (χ4v) is 1.40. The SMILES string of the molecule is C=C/C=C\c1c(C)c(C)nn1C(C)C.CC. The Balaban J connectivity index is 0.00000106. The van der Waals surface area contributed by atoms with E-state index in [2.05, 4.69) is 38.5 Å². The Morgan fingerprint density at radius 1 is 1.25 bits per heavy atom. The molecule has 0 N–H and O–H groups in total. The Bertz CT molecular complexity index is 357. The molecule has 1 aromatic heterocycles. The lowest BCUT2D eigenvalue weighted by Gasteiger charge is -2.08. The molecule has 0 spiro atoms. The zero-order valence-corrected chi connectivity index (χ0v) is 11.4. The van der Waals surface area contributed by atoms with E-state index >= 15 is 0 Å². The third-order valence-electron chi connectivity index (χ3n) is 2.31. The van der Waals surface area contributed by atoms with Gasteiger partial charge in [0.05, 0.1) is 11.4 Å². The Morgan fingerprint density at radius 3 is 2.25 bits per heavy atom. The van der Waals surface area contributed by atoms with Gasteiger partial charge in [0.15, 0.2) is 0 Å². The molecule has 1 heterocycles. The molecule has 90 valence electrons. The smallest absolute Gasteiger partial charge is 0.0644 e. The third-order valence-corrected chi connectivity index (χ3v) is 2.31. The standard InChI is InChI=1S/C12H18N2.C2H6/c1-6-7-8-12-10(4)11(5)13-14(12)9(2)3;1-2/h6-9H,1H2,2-5H3;1-2H3/b8-7-;. The van der Waals surface area contributed by atoms with E-state index in [0.29, 0.717) is 6.04 Å². The summed E-state index contributed by atoms with van der Waals surface area (Å²) in [7, 11) is 0. The highest BCUT2D eigenvalue weighted by Gasteiger charge is 2.10. The van der Waals surface area contributed by atoms with Crippen LogP contribution in [0, 0.1) is 13.8 Å². The van der Waals surface area contributed by atoms with Crippen molar-refractivity contribution in [3.05, 3.63) is 35.7 Å². The summed E-state index contributed by atoms with van der Waals surface area (Å²) in [5.41, 5.74) is 3.52. The fraction of sp³-hybridized carbons (Fsp3) is 0.500. The second-order valence-electron chi connectivity index (χ2n) is 3.73. The quantitative estimate of drug-likeness (QED) is 0.694. The normalized spacial score (nSPS) is 10.4. The van der Waals surface area contributed by atoms with Crippen molar-refractivity contribution in [1.82, 2.24) is 9.78 Å². The van der Waals surface area contributed by atoms with Crippen molar-refractivity contribution in [3.8, 4) is 0 Å². The molecule has 0 atom stereocenters. The Labute approximate surface area is 99.7 Å². The van der Waals surface area contributed by atoms with Gasteiger partial charge in [-0.05, 0) is 39.3 Å². The summed E-state index contributed by atoms with van der Waals surface area (Å²) in [6, 6.07) is 0.395. The first-order valence-electron chi connectivity index (χ1n) is 5.92. The summed E-state index contributed by atoms with van der Waals surface area (Å²) in [6.07, 6.45) is 5.79. The number of nitrogens with zero attached hydrogens (tertiary/aromatic N) is 2. The lowest BCUT2D eigenvalue weighted by atomic mass is 10.2. The van der Waals surface area contributed by atoms with Crippen LogP contribution in [0.4, 0.5) is 0 Å². The van der Waals surface area contributed by atoms with Crippen molar-refractivity contribution in [3.63, 3.8) is 0 Å². The van der Waals surface area contributed by atoms with Crippen molar-refractivity contribution in [1.29, 1.82) is 0 Å². The first-order chi connectivity index (χ1) is 7.57. The van der Waals surface area contributed by atoms with Gasteiger partial charge in [0, 0.05) is 6.04 Å². The van der Waals surface area contributed by atoms with Crippen LogP contribution in [0.15, 0.2) is 18.7 Å². The van der Waals surface area contributed by atoms with Crippen molar-refractivity contribution in [2.45, 2.75) is 47.6 Å². The molecule has 0 amide bonds. The van der Waals surface area contributed by atoms with Crippen LogP contribution in [0.5, 0.6) is 0 Å². The fourth-order valence-electron chi connectivity index (χ4n) is 1.40. The molecule has 0 unspecified atom stereocenters. The van der Waals surface area contributed by atoms with Crippen LogP contribution < -0.4 is 0 Å². The number of rotatable bonds is 3. The lowest BCUT2D eigenvalue weighted by molar-refractivity contribution is 0.525. The first-order valence-corrected chi connectivity index (χ1v) is 5.92. The molecule has 1 rings (SSSR count). The highest BCUT2D eigenvalue weighted by Crippen LogP contribution is 2.18. The summed E-state index contributed by atoms with van der Waals surface area (Å²) < 4.78 is 2.05. The second kappa shape index (κ2) is 7.04. The Kier molecular flexibility index (Phi) is 6.47. The van der Waals surface area contributed by atoms with Crippen LogP contribution in [0.25, 0.3) is 6.08 Å². The number of allylic oxidation sites excluding steroid dienone is 2. The lowest BCUT2D eigenvalue weighted by Crippen LogP contribution is -2.05. The van der Waals surface area contributed by atoms with Gasteiger partial charge in [0.25, 0.3) is 0 Å². The molecule has 0 aromatic carbocycles.